The van der Waals surface area contributed by atoms with Gasteiger partial charge >= 0.3 is 0 Å². The number of hydrogen-bond donors (Lipinski definition) is 1. The molecule has 0 atom stereocenters. The van der Waals surface area contributed by atoms with Crippen LogP contribution in [0.2, 0.25) is 0 Å². The second-order valence-corrected chi connectivity index (χ2v) is 5.72. The minimum absolute atomic E-state index is 0.273. The van der Waals surface area contributed by atoms with Crippen molar-refractivity contribution in [1.82, 2.24) is 5.32 Å². The predicted octanol–water partition coefficient (Wildman–Crippen LogP) is 4.67. The lowest BCUT2D eigenvalue weighted by Gasteiger charge is -2.12. The van der Waals surface area contributed by atoms with E-state index in [9.17, 15) is 4.39 Å². The van der Waals surface area contributed by atoms with Gasteiger partial charge in [-0.3, -0.25) is 0 Å². The third-order valence-corrected chi connectivity index (χ3v) is 3.63. The van der Waals surface area contributed by atoms with Gasteiger partial charge in [-0.25, -0.2) is 4.39 Å². The second-order valence-electron chi connectivity index (χ2n) is 4.81. The lowest BCUT2D eigenvalue weighted by atomic mass is 10.1. The number of nitrogens with one attached hydrogen (secondary N) is 1. The predicted molar refractivity (Wildman–Crippen MR) is 86.9 cm³/mol. The Morgan fingerprint density at radius 1 is 1.14 bits per heavy atom. The highest BCUT2D eigenvalue weighted by atomic mass is 79.9. The van der Waals surface area contributed by atoms with Gasteiger partial charge in [0.2, 0.25) is 0 Å². The first kappa shape index (κ1) is 16.0. The first-order chi connectivity index (χ1) is 10.2. The van der Waals surface area contributed by atoms with Gasteiger partial charge in [0.1, 0.15) is 6.61 Å². The van der Waals surface area contributed by atoms with E-state index in [1.807, 2.05) is 18.2 Å². The molecule has 0 saturated heterocycles. The highest BCUT2D eigenvalue weighted by Gasteiger charge is 2.06. The van der Waals surface area contributed by atoms with Gasteiger partial charge in [-0.2, -0.15) is 0 Å². The molecule has 0 heterocycles. The van der Waals surface area contributed by atoms with Gasteiger partial charge in [-0.15, -0.1) is 0 Å². The maximum absolute atomic E-state index is 13.7. The van der Waals surface area contributed by atoms with Crippen LogP contribution in [-0.2, 0) is 13.2 Å². The van der Waals surface area contributed by atoms with Gasteiger partial charge in [0, 0.05) is 11.0 Å². The van der Waals surface area contributed by atoms with E-state index in [0.29, 0.717) is 11.1 Å². The van der Waals surface area contributed by atoms with Crippen LogP contribution in [0.5, 0.6) is 5.75 Å². The van der Waals surface area contributed by atoms with E-state index >= 15 is 0 Å². The maximum Gasteiger partial charge on any atom is 0.166 e. The molecule has 0 amide bonds. The summed E-state index contributed by atoms with van der Waals surface area (Å²) in [4.78, 5) is 0. The molecule has 0 bridgehead atoms. The summed E-state index contributed by atoms with van der Waals surface area (Å²) in [5.41, 5.74) is 2.26. The molecule has 112 valence electrons. The zero-order valence-electron chi connectivity index (χ0n) is 12.0. The van der Waals surface area contributed by atoms with Crippen molar-refractivity contribution in [1.29, 1.82) is 0 Å². The van der Waals surface area contributed by atoms with Crippen molar-refractivity contribution < 1.29 is 9.13 Å². The molecule has 0 aliphatic carbocycles. The monoisotopic (exact) mass is 351 g/mol. The molecule has 0 aliphatic heterocycles. The Labute approximate surface area is 133 Å². The van der Waals surface area contributed by atoms with E-state index in [4.69, 9.17) is 4.74 Å². The molecule has 0 aromatic heterocycles. The highest BCUT2D eigenvalue weighted by Crippen LogP contribution is 2.22. The third kappa shape index (κ3) is 4.83. The molecule has 0 fully saturated rings. The molecular weight excluding hydrogens is 333 g/mol. The average molecular weight is 352 g/mol. The summed E-state index contributed by atoms with van der Waals surface area (Å²) in [5, 5.41) is 3.37. The molecule has 4 heteroatoms. The van der Waals surface area contributed by atoms with Gasteiger partial charge in [0.05, 0.1) is 0 Å². The summed E-state index contributed by atoms with van der Waals surface area (Å²) in [6.07, 6.45) is 1.10. The SMILES string of the molecule is CCCNCc1ccccc1COc1ccc(Br)cc1F. The van der Waals surface area contributed by atoms with Crippen molar-refractivity contribution in [3.63, 3.8) is 0 Å². The fourth-order valence-electron chi connectivity index (χ4n) is 2.02. The fourth-order valence-corrected chi connectivity index (χ4v) is 2.35. The van der Waals surface area contributed by atoms with Gasteiger partial charge < -0.3 is 10.1 Å². The minimum Gasteiger partial charge on any atom is -0.486 e. The van der Waals surface area contributed by atoms with Crippen LogP contribution in [0.4, 0.5) is 4.39 Å². The summed E-state index contributed by atoms with van der Waals surface area (Å²) in [5.74, 6) is -0.0829. The van der Waals surface area contributed by atoms with E-state index in [-0.39, 0.29) is 11.6 Å². The van der Waals surface area contributed by atoms with Crippen molar-refractivity contribution in [3.8, 4) is 5.75 Å². The minimum atomic E-state index is -0.356. The van der Waals surface area contributed by atoms with Gasteiger partial charge in [0.25, 0.3) is 0 Å². The first-order valence-electron chi connectivity index (χ1n) is 7.06. The van der Waals surface area contributed by atoms with Crippen molar-refractivity contribution in [2.24, 2.45) is 0 Å². The summed E-state index contributed by atoms with van der Waals surface area (Å²) < 4.78 is 20.0. The van der Waals surface area contributed by atoms with Crippen LogP contribution < -0.4 is 10.1 Å². The van der Waals surface area contributed by atoms with Crippen LogP contribution in [-0.4, -0.2) is 6.54 Å². The number of benzene rings is 2. The molecule has 2 aromatic carbocycles. The Hall–Kier alpha value is -1.39. The molecule has 21 heavy (non-hydrogen) atoms. The molecule has 1 N–H and O–H groups in total. The summed E-state index contributed by atoms with van der Waals surface area (Å²) >= 11 is 3.24. The van der Waals surface area contributed by atoms with Crippen LogP contribution in [0.3, 0.4) is 0 Å². The summed E-state index contributed by atoms with van der Waals surface area (Å²) in [7, 11) is 0. The zero-order valence-corrected chi connectivity index (χ0v) is 13.6. The van der Waals surface area contributed by atoms with E-state index in [1.165, 1.54) is 11.6 Å². The van der Waals surface area contributed by atoms with Crippen LogP contribution in [0.1, 0.15) is 24.5 Å². The molecule has 0 unspecified atom stereocenters. The molecule has 0 radical (unpaired) electrons. The smallest absolute Gasteiger partial charge is 0.166 e. The quantitative estimate of drug-likeness (QED) is 0.732. The van der Waals surface area contributed by atoms with E-state index in [1.54, 1.807) is 12.1 Å². The van der Waals surface area contributed by atoms with Gasteiger partial charge in [-0.05, 0) is 42.3 Å². The highest BCUT2D eigenvalue weighted by molar-refractivity contribution is 9.10. The van der Waals surface area contributed by atoms with Crippen LogP contribution >= 0.6 is 15.9 Å². The van der Waals surface area contributed by atoms with Crippen LogP contribution in [0, 0.1) is 5.82 Å². The Morgan fingerprint density at radius 2 is 1.90 bits per heavy atom. The number of hydrogen-bond acceptors (Lipinski definition) is 2. The number of rotatable bonds is 7. The Bertz CT molecular complexity index is 589. The van der Waals surface area contributed by atoms with Crippen LogP contribution in [0.15, 0.2) is 46.9 Å². The van der Waals surface area contributed by atoms with Crippen molar-refractivity contribution in [2.75, 3.05) is 6.54 Å². The van der Waals surface area contributed by atoms with E-state index in [0.717, 1.165) is 25.1 Å². The number of halogens is 2. The maximum atomic E-state index is 13.7. The molecule has 2 rings (SSSR count). The first-order valence-corrected chi connectivity index (χ1v) is 7.85. The normalized spacial score (nSPS) is 10.6. The topological polar surface area (TPSA) is 21.3 Å². The third-order valence-electron chi connectivity index (χ3n) is 3.14. The fraction of sp³-hybridized carbons (Fsp3) is 0.294. The second kappa shape index (κ2) is 8.15. The molecular formula is C17H19BrFNO. The zero-order chi connectivity index (χ0) is 15.1. The van der Waals surface area contributed by atoms with Crippen molar-refractivity contribution in [3.05, 3.63) is 63.9 Å². The Kier molecular flexibility index (Phi) is 6.21. The lowest BCUT2D eigenvalue weighted by molar-refractivity contribution is 0.289. The van der Waals surface area contributed by atoms with Gasteiger partial charge in [-0.1, -0.05) is 47.1 Å². The van der Waals surface area contributed by atoms with E-state index < -0.39 is 0 Å². The number of ether oxygens (including phenoxy) is 1. The molecule has 2 aromatic rings. The van der Waals surface area contributed by atoms with Crippen molar-refractivity contribution >= 4 is 15.9 Å². The Morgan fingerprint density at radius 3 is 2.62 bits per heavy atom. The standard InChI is InChI=1S/C17H19BrFNO/c1-2-9-20-11-13-5-3-4-6-14(13)12-21-17-8-7-15(18)10-16(17)19/h3-8,10,20H,2,9,11-12H2,1H3. The summed E-state index contributed by atoms with van der Waals surface area (Å²) in [6, 6.07) is 12.9. The largest absolute Gasteiger partial charge is 0.486 e. The van der Waals surface area contributed by atoms with Crippen molar-refractivity contribution in [2.45, 2.75) is 26.5 Å². The van der Waals surface area contributed by atoms with Crippen LogP contribution in [0.25, 0.3) is 0 Å². The molecule has 0 aliphatic rings. The Balaban J connectivity index is 2.02. The van der Waals surface area contributed by atoms with E-state index in [2.05, 4.69) is 34.2 Å². The van der Waals surface area contributed by atoms with Gasteiger partial charge in [0.15, 0.2) is 11.6 Å². The molecule has 2 nitrogen and oxygen atoms in total. The summed E-state index contributed by atoms with van der Waals surface area (Å²) in [6.45, 7) is 4.29. The average Bonchev–Trinajstić information content (AvgIpc) is 2.48. The molecule has 0 saturated carbocycles. The lowest BCUT2D eigenvalue weighted by Crippen LogP contribution is -2.15. The molecule has 0 spiro atoms.